The summed E-state index contributed by atoms with van der Waals surface area (Å²) in [4.78, 5) is 22.7. The van der Waals surface area contributed by atoms with Crippen molar-refractivity contribution in [2.24, 2.45) is 5.10 Å². The van der Waals surface area contributed by atoms with Crippen LogP contribution in [0, 0.1) is 13.7 Å². The Hall–Kier alpha value is -3.47. The summed E-state index contributed by atoms with van der Waals surface area (Å²) >= 11 is 2.14. The lowest BCUT2D eigenvalue weighted by molar-refractivity contribution is -0.384. The summed E-state index contributed by atoms with van der Waals surface area (Å²) in [5.74, 6) is 0.853. The second-order valence-electron chi connectivity index (χ2n) is 9.16. The Bertz CT molecular complexity index is 1250. The highest BCUT2D eigenvalue weighted by atomic mass is 127. The molecule has 0 saturated carbocycles. The van der Waals surface area contributed by atoms with Crippen molar-refractivity contribution in [3.8, 4) is 11.5 Å². The third-order valence-electron chi connectivity index (χ3n) is 5.37. The van der Waals surface area contributed by atoms with Crippen LogP contribution in [-0.2, 0) is 23.2 Å². The molecule has 36 heavy (non-hydrogen) atoms. The first-order valence-corrected chi connectivity index (χ1v) is 12.3. The summed E-state index contributed by atoms with van der Waals surface area (Å²) in [6, 6.07) is 17.8. The molecule has 1 amide bonds. The number of rotatable bonds is 9. The van der Waals surface area contributed by atoms with Gasteiger partial charge in [-0.1, -0.05) is 45.0 Å². The topological polar surface area (TPSA) is 103 Å². The van der Waals surface area contributed by atoms with Gasteiger partial charge in [-0.05, 0) is 74.5 Å². The van der Waals surface area contributed by atoms with Crippen LogP contribution in [0.3, 0.4) is 0 Å². The fraction of sp³-hybridized carbons (Fsp3) is 0.259. The smallest absolute Gasteiger partial charge is 0.269 e. The Morgan fingerprint density at radius 1 is 1.08 bits per heavy atom. The van der Waals surface area contributed by atoms with Gasteiger partial charge >= 0.3 is 0 Å². The first kappa shape index (κ1) is 27.1. The number of hydrazone groups is 1. The molecule has 0 aliphatic heterocycles. The van der Waals surface area contributed by atoms with Crippen LogP contribution in [-0.4, -0.2) is 24.2 Å². The Morgan fingerprint density at radius 2 is 1.72 bits per heavy atom. The molecule has 0 bridgehead atoms. The number of nitrogens with zero attached hydrogens (tertiary/aromatic N) is 2. The van der Waals surface area contributed by atoms with Crippen molar-refractivity contribution in [2.45, 2.75) is 39.2 Å². The van der Waals surface area contributed by atoms with Gasteiger partial charge in [0.15, 0.2) is 11.5 Å². The number of methoxy groups -OCH3 is 1. The number of ether oxygens (including phenoxy) is 2. The zero-order valence-electron chi connectivity index (χ0n) is 20.6. The molecule has 9 heteroatoms. The minimum Gasteiger partial charge on any atom is -0.493 e. The van der Waals surface area contributed by atoms with Crippen LogP contribution in [0.15, 0.2) is 65.8 Å². The van der Waals surface area contributed by atoms with E-state index in [4.69, 9.17) is 9.47 Å². The lowest BCUT2D eigenvalue weighted by atomic mass is 9.86. The first-order chi connectivity index (χ1) is 17.1. The molecule has 0 radical (unpaired) electrons. The zero-order chi connectivity index (χ0) is 26.3. The summed E-state index contributed by atoms with van der Waals surface area (Å²) in [6.07, 6.45) is 1.78. The van der Waals surface area contributed by atoms with Crippen molar-refractivity contribution in [1.29, 1.82) is 0 Å². The van der Waals surface area contributed by atoms with E-state index in [0.29, 0.717) is 11.5 Å². The van der Waals surface area contributed by atoms with E-state index < -0.39 is 4.92 Å². The van der Waals surface area contributed by atoms with Gasteiger partial charge in [0.25, 0.3) is 5.69 Å². The standard InChI is InChI=1S/C27H28IN3O5/c1-27(2,3)21-9-5-18(6-10-21)15-25(32)30-29-16-20-13-23(28)26(24(14-20)35-4)36-17-19-7-11-22(12-8-19)31(33)34/h5-14,16H,15,17H2,1-4H3,(H,30,32)/b29-16-. The Morgan fingerprint density at radius 3 is 2.31 bits per heavy atom. The molecule has 188 valence electrons. The molecular weight excluding hydrogens is 573 g/mol. The molecule has 0 fully saturated rings. The van der Waals surface area contributed by atoms with Gasteiger partial charge in [-0.3, -0.25) is 14.9 Å². The van der Waals surface area contributed by atoms with Gasteiger partial charge in [0, 0.05) is 12.1 Å². The van der Waals surface area contributed by atoms with E-state index in [9.17, 15) is 14.9 Å². The zero-order valence-corrected chi connectivity index (χ0v) is 22.7. The van der Waals surface area contributed by atoms with E-state index in [-0.39, 0.29) is 30.0 Å². The number of hydrogen-bond donors (Lipinski definition) is 1. The van der Waals surface area contributed by atoms with Gasteiger partial charge in [-0.25, -0.2) is 5.43 Å². The van der Waals surface area contributed by atoms with Crippen molar-refractivity contribution in [3.05, 3.63) is 96.6 Å². The molecule has 3 aromatic rings. The van der Waals surface area contributed by atoms with Crippen LogP contribution >= 0.6 is 22.6 Å². The summed E-state index contributed by atoms with van der Waals surface area (Å²) in [6.45, 7) is 6.68. The van der Waals surface area contributed by atoms with Crippen LogP contribution in [0.2, 0.25) is 0 Å². The average molecular weight is 601 g/mol. The van der Waals surface area contributed by atoms with Gasteiger partial charge in [-0.15, -0.1) is 0 Å². The minimum atomic E-state index is -0.441. The van der Waals surface area contributed by atoms with Crippen molar-refractivity contribution in [3.63, 3.8) is 0 Å². The number of nitro benzene ring substituents is 1. The van der Waals surface area contributed by atoms with Crippen LogP contribution in [0.1, 0.15) is 43.0 Å². The van der Waals surface area contributed by atoms with E-state index >= 15 is 0 Å². The second-order valence-corrected chi connectivity index (χ2v) is 10.3. The highest BCUT2D eigenvalue weighted by Crippen LogP contribution is 2.34. The largest absolute Gasteiger partial charge is 0.493 e. The maximum atomic E-state index is 12.3. The van der Waals surface area contributed by atoms with Gasteiger partial charge in [0.05, 0.1) is 28.2 Å². The molecule has 0 heterocycles. The molecule has 0 aliphatic carbocycles. The fourth-order valence-electron chi connectivity index (χ4n) is 3.35. The monoisotopic (exact) mass is 601 g/mol. The van der Waals surface area contributed by atoms with Gasteiger partial charge in [0.2, 0.25) is 5.91 Å². The van der Waals surface area contributed by atoms with Crippen LogP contribution < -0.4 is 14.9 Å². The van der Waals surface area contributed by atoms with Gasteiger partial charge < -0.3 is 9.47 Å². The molecule has 0 aliphatic rings. The van der Waals surface area contributed by atoms with Gasteiger partial charge in [0.1, 0.15) is 6.61 Å². The van der Waals surface area contributed by atoms with Crippen LogP contribution in [0.25, 0.3) is 0 Å². The normalized spacial score (nSPS) is 11.4. The Labute approximate surface area is 224 Å². The summed E-state index contributed by atoms with van der Waals surface area (Å²) in [7, 11) is 1.54. The highest BCUT2D eigenvalue weighted by Gasteiger charge is 2.14. The molecule has 8 nitrogen and oxygen atoms in total. The molecule has 0 aromatic heterocycles. The van der Waals surface area contributed by atoms with Crippen molar-refractivity contribution in [2.75, 3.05) is 7.11 Å². The molecule has 0 unspecified atom stereocenters. The fourth-order valence-corrected chi connectivity index (χ4v) is 4.13. The van der Waals surface area contributed by atoms with E-state index in [1.165, 1.54) is 24.8 Å². The van der Waals surface area contributed by atoms with Crippen LogP contribution in [0.4, 0.5) is 5.69 Å². The molecule has 0 saturated heterocycles. The lowest BCUT2D eigenvalue weighted by Gasteiger charge is -2.19. The number of non-ortho nitro benzene ring substituents is 1. The Kier molecular flexibility index (Phi) is 9.03. The van der Waals surface area contributed by atoms with E-state index in [1.54, 1.807) is 24.4 Å². The minimum absolute atomic E-state index is 0.0279. The van der Waals surface area contributed by atoms with E-state index in [1.807, 2.05) is 30.3 Å². The third kappa shape index (κ3) is 7.51. The Balaban J connectivity index is 1.60. The molecular formula is C27H28IN3O5. The molecule has 1 N–H and O–H groups in total. The van der Waals surface area contributed by atoms with E-state index in [0.717, 1.165) is 20.3 Å². The second kappa shape index (κ2) is 12.0. The third-order valence-corrected chi connectivity index (χ3v) is 6.17. The number of carbonyl (C=O) groups is 1. The number of benzene rings is 3. The summed E-state index contributed by atoms with van der Waals surface area (Å²) in [5.41, 5.74) is 6.31. The summed E-state index contributed by atoms with van der Waals surface area (Å²) in [5, 5.41) is 14.9. The number of amides is 1. The molecule has 3 aromatic carbocycles. The molecule has 0 spiro atoms. The highest BCUT2D eigenvalue weighted by molar-refractivity contribution is 14.1. The maximum Gasteiger partial charge on any atom is 0.269 e. The summed E-state index contributed by atoms with van der Waals surface area (Å²) < 4.78 is 12.2. The number of hydrogen-bond acceptors (Lipinski definition) is 6. The van der Waals surface area contributed by atoms with Gasteiger partial charge in [-0.2, -0.15) is 5.10 Å². The first-order valence-electron chi connectivity index (χ1n) is 11.2. The predicted octanol–water partition coefficient (Wildman–Crippen LogP) is 5.78. The number of halogens is 1. The molecule has 0 atom stereocenters. The average Bonchev–Trinajstić information content (AvgIpc) is 2.83. The quantitative estimate of drug-likeness (QED) is 0.145. The van der Waals surface area contributed by atoms with Crippen LogP contribution in [0.5, 0.6) is 11.5 Å². The number of nitro groups is 1. The SMILES string of the molecule is COc1cc(/C=N\NC(=O)Cc2ccc(C(C)(C)C)cc2)cc(I)c1OCc1ccc([N+](=O)[O-])cc1. The van der Waals surface area contributed by atoms with E-state index in [2.05, 4.69) is 53.9 Å². The van der Waals surface area contributed by atoms with Crippen molar-refractivity contribution < 1.29 is 19.2 Å². The number of carbonyl (C=O) groups excluding carboxylic acids is 1. The number of nitrogens with one attached hydrogen (secondary N) is 1. The predicted molar refractivity (Wildman–Crippen MR) is 148 cm³/mol. The van der Waals surface area contributed by atoms with Crippen molar-refractivity contribution in [1.82, 2.24) is 5.43 Å². The lowest BCUT2D eigenvalue weighted by Crippen LogP contribution is -2.20. The van der Waals surface area contributed by atoms with Crippen molar-refractivity contribution >= 4 is 40.4 Å². The maximum absolute atomic E-state index is 12.3. The molecule has 3 rings (SSSR count).